The molecule has 0 spiro atoms. The van der Waals surface area contributed by atoms with Crippen molar-refractivity contribution in [1.29, 1.82) is 0 Å². The van der Waals surface area contributed by atoms with Crippen molar-refractivity contribution < 1.29 is 32.7 Å². The topological polar surface area (TPSA) is 142 Å². The lowest BCUT2D eigenvalue weighted by molar-refractivity contribution is -0.121. The molecule has 13 heteroatoms. The zero-order valence-electron chi connectivity index (χ0n) is 24.2. The Morgan fingerprint density at radius 3 is 2.43 bits per heavy atom. The molecule has 228 valence electrons. The summed E-state index contributed by atoms with van der Waals surface area (Å²) in [6, 6.07) is 14.5. The Kier molecular flexibility index (Phi) is 10.2. The standard InChI is InChI=1S/C28H36N4O5S.CH3NO2/c1-28(2)20-31(38(34,35)22-10-8-21(36-3)9-11-22)18-25-27(28)23-6-4-5-7-24(23)32(25)19-26(33)29-12-13-30-14-16-37-17-15-30;3-1-2-4/h4-11H,12-20H2,1-3H3,(H,29,33);1,4H,(H,2,3). The van der Waals surface area contributed by atoms with Crippen molar-refractivity contribution in [3.8, 4) is 5.75 Å². The Balaban J connectivity index is 0.000000952. The zero-order valence-corrected chi connectivity index (χ0v) is 25.0. The second-order valence-corrected chi connectivity index (χ2v) is 12.7. The summed E-state index contributed by atoms with van der Waals surface area (Å²) in [4.78, 5) is 24.4. The van der Waals surface area contributed by atoms with Crippen LogP contribution in [-0.2, 0) is 42.9 Å². The molecule has 0 radical (unpaired) electrons. The molecule has 2 aromatic carbocycles. The molecule has 0 unspecified atom stereocenters. The summed E-state index contributed by atoms with van der Waals surface area (Å²) in [6.45, 7) is 9.34. The van der Waals surface area contributed by atoms with Gasteiger partial charge < -0.3 is 19.4 Å². The number of hydrogen-bond acceptors (Lipinski definition) is 8. The normalized spacial score (nSPS) is 17.0. The van der Waals surface area contributed by atoms with Gasteiger partial charge in [-0.2, -0.15) is 4.31 Å². The molecule has 0 bridgehead atoms. The van der Waals surface area contributed by atoms with Crippen LogP contribution in [0.2, 0.25) is 0 Å². The molecule has 1 aromatic heterocycles. The van der Waals surface area contributed by atoms with E-state index in [0.717, 1.165) is 55.0 Å². The van der Waals surface area contributed by atoms with Gasteiger partial charge in [0.2, 0.25) is 22.3 Å². The molecule has 0 saturated carbocycles. The molecule has 0 aliphatic carbocycles. The number of aromatic nitrogens is 1. The summed E-state index contributed by atoms with van der Waals surface area (Å²) < 4.78 is 41.5. The number of sulfonamides is 1. The third-order valence-corrected chi connectivity index (χ3v) is 9.36. The Bertz CT molecular complexity index is 1480. The van der Waals surface area contributed by atoms with Crippen molar-refractivity contribution >= 4 is 33.2 Å². The molecule has 2 amide bonds. The van der Waals surface area contributed by atoms with Gasteiger partial charge in [0.25, 0.3) is 0 Å². The number of ether oxygens (including phenoxy) is 2. The van der Waals surface area contributed by atoms with Gasteiger partial charge in [0.05, 0.1) is 31.8 Å². The summed E-state index contributed by atoms with van der Waals surface area (Å²) in [5.74, 6) is 0.514. The molecule has 3 N–H and O–H groups in total. The highest BCUT2D eigenvalue weighted by Crippen LogP contribution is 2.42. The number of amides is 2. The van der Waals surface area contributed by atoms with E-state index in [2.05, 4.69) is 30.1 Å². The number of para-hydroxylation sites is 1. The molecule has 5 rings (SSSR count). The van der Waals surface area contributed by atoms with Crippen LogP contribution in [0, 0.1) is 0 Å². The average molecular weight is 602 g/mol. The Hall–Kier alpha value is -3.49. The molecule has 2 aliphatic heterocycles. The van der Waals surface area contributed by atoms with E-state index in [0.29, 0.717) is 18.8 Å². The minimum Gasteiger partial charge on any atom is -0.497 e. The fourth-order valence-electron chi connectivity index (χ4n) is 5.64. The first kappa shape index (κ1) is 31.4. The van der Waals surface area contributed by atoms with Crippen molar-refractivity contribution in [3.05, 3.63) is 59.8 Å². The SMILES string of the molecule is COc1ccc(S(=O)(=O)N2Cc3c(c4ccccc4n3CC(=O)NCCN3CCOCC3)C(C)(C)C2)cc1.O=CNO. The molecule has 1 fully saturated rings. The zero-order chi connectivity index (χ0) is 30.3. The van der Waals surface area contributed by atoms with E-state index in [1.807, 2.05) is 22.8 Å². The number of rotatable bonds is 9. The van der Waals surface area contributed by atoms with Crippen LogP contribution in [0.25, 0.3) is 10.9 Å². The highest BCUT2D eigenvalue weighted by Gasteiger charge is 2.41. The van der Waals surface area contributed by atoms with E-state index in [4.69, 9.17) is 19.5 Å². The minimum atomic E-state index is -3.76. The van der Waals surface area contributed by atoms with E-state index in [1.54, 1.807) is 31.4 Å². The van der Waals surface area contributed by atoms with Crippen molar-refractivity contribution in [2.24, 2.45) is 0 Å². The van der Waals surface area contributed by atoms with E-state index >= 15 is 0 Å². The molecular weight excluding hydrogens is 562 g/mol. The van der Waals surface area contributed by atoms with Crippen LogP contribution in [0.1, 0.15) is 25.1 Å². The number of morpholine rings is 1. The first-order valence-electron chi connectivity index (χ1n) is 13.8. The summed E-state index contributed by atoms with van der Waals surface area (Å²) in [5.41, 5.74) is 3.71. The predicted molar refractivity (Wildman–Crippen MR) is 157 cm³/mol. The number of carbonyl (C=O) groups excluding carboxylic acids is 2. The van der Waals surface area contributed by atoms with Crippen LogP contribution >= 0.6 is 0 Å². The first-order valence-corrected chi connectivity index (χ1v) is 15.2. The van der Waals surface area contributed by atoms with Crippen molar-refractivity contribution in [1.82, 2.24) is 24.6 Å². The summed E-state index contributed by atoms with van der Waals surface area (Å²) in [7, 11) is -2.21. The Morgan fingerprint density at radius 1 is 1.12 bits per heavy atom. The van der Waals surface area contributed by atoms with Gasteiger partial charge in [-0.3, -0.25) is 19.7 Å². The monoisotopic (exact) mass is 601 g/mol. The second-order valence-electron chi connectivity index (χ2n) is 10.8. The number of carbonyl (C=O) groups is 2. The molecule has 12 nitrogen and oxygen atoms in total. The highest BCUT2D eigenvalue weighted by atomic mass is 32.2. The van der Waals surface area contributed by atoms with Gasteiger partial charge in [0.1, 0.15) is 12.3 Å². The highest BCUT2D eigenvalue weighted by molar-refractivity contribution is 7.89. The van der Waals surface area contributed by atoms with E-state index < -0.39 is 15.4 Å². The van der Waals surface area contributed by atoms with E-state index in [9.17, 15) is 13.2 Å². The average Bonchev–Trinajstić information content (AvgIpc) is 3.31. The molecule has 3 heterocycles. The number of nitrogens with zero attached hydrogens (tertiary/aromatic N) is 3. The van der Waals surface area contributed by atoms with Gasteiger partial charge >= 0.3 is 0 Å². The van der Waals surface area contributed by atoms with Crippen LogP contribution in [-0.4, -0.2) is 92.8 Å². The number of fused-ring (bicyclic) bond motifs is 3. The predicted octanol–water partition coefficient (Wildman–Crippen LogP) is 1.70. The lowest BCUT2D eigenvalue weighted by Crippen LogP contribution is -2.45. The smallest absolute Gasteiger partial charge is 0.243 e. The Labute approximate surface area is 246 Å². The maximum absolute atomic E-state index is 13.7. The number of benzene rings is 2. The molecular formula is C29H39N5O7S. The van der Waals surface area contributed by atoms with E-state index in [-0.39, 0.29) is 30.3 Å². The maximum atomic E-state index is 13.7. The van der Waals surface area contributed by atoms with Crippen LogP contribution in [0.3, 0.4) is 0 Å². The third-order valence-electron chi connectivity index (χ3n) is 7.56. The van der Waals surface area contributed by atoms with Crippen LogP contribution in [0.15, 0.2) is 53.4 Å². The number of hydrogen-bond donors (Lipinski definition) is 3. The number of hydroxylamine groups is 1. The molecule has 2 aliphatic rings. The first-order chi connectivity index (χ1) is 20.1. The summed E-state index contributed by atoms with van der Waals surface area (Å²) >= 11 is 0. The quantitative estimate of drug-likeness (QED) is 0.191. The van der Waals surface area contributed by atoms with Crippen LogP contribution in [0.5, 0.6) is 5.75 Å². The van der Waals surface area contributed by atoms with Gasteiger partial charge in [-0.25, -0.2) is 13.9 Å². The molecule has 42 heavy (non-hydrogen) atoms. The maximum Gasteiger partial charge on any atom is 0.243 e. The van der Waals surface area contributed by atoms with Crippen molar-refractivity contribution in [2.75, 3.05) is 53.0 Å². The molecule has 1 saturated heterocycles. The molecule has 0 atom stereocenters. The fourth-order valence-corrected chi connectivity index (χ4v) is 7.21. The van der Waals surface area contributed by atoms with Gasteiger partial charge in [0, 0.05) is 54.7 Å². The van der Waals surface area contributed by atoms with Crippen molar-refractivity contribution in [2.45, 2.75) is 37.2 Å². The number of nitrogens with one attached hydrogen (secondary N) is 2. The second kappa shape index (κ2) is 13.7. The largest absolute Gasteiger partial charge is 0.497 e. The van der Waals surface area contributed by atoms with Gasteiger partial charge in [-0.1, -0.05) is 32.0 Å². The summed E-state index contributed by atoms with van der Waals surface area (Å²) in [6.07, 6.45) is 0.181. The number of methoxy groups -OCH3 is 1. The fraction of sp³-hybridized carbons (Fsp3) is 0.448. The lowest BCUT2D eigenvalue weighted by atomic mass is 9.80. The minimum absolute atomic E-state index is 0.0882. The lowest BCUT2D eigenvalue weighted by Gasteiger charge is -2.38. The van der Waals surface area contributed by atoms with Crippen LogP contribution in [0.4, 0.5) is 0 Å². The van der Waals surface area contributed by atoms with Crippen molar-refractivity contribution in [3.63, 3.8) is 0 Å². The van der Waals surface area contributed by atoms with Gasteiger partial charge in [0.15, 0.2) is 0 Å². The van der Waals surface area contributed by atoms with E-state index in [1.165, 1.54) is 9.79 Å². The Morgan fingerprint density at radius 2 is 1.79 bits per heavy atom. The van der Waals surface area contributed by atoms with Crippen LogP contribution < -0.4 is 15.5 Å². The summed E-state index contributed by atoms with van der Waals surface area (Å²) in [5, 5.41) is 11.4. The molecule has 3 aromatic rings. The van der Waals surface area contributed by atoms with Gasteiger partial charge in [-0.05, 0) is 35.9 Å². The van der Waals surface area contributed by atoms with Gasteiger partial charge in [-0.15, -0.1) is 0 Å². The third kappa shape index (κ3) is 6.93.